The lowest BCUT2D eigenvalue weighted by Crippen LogP contribution is -2.45. The van der Waals surface area contributed by atoms with Crippen LogP contribution in [-0.2, 0) is 28.9 Å². The van der Waals surface area contributed by atoms with Crippen LogP contribution >= 0.6 is 0 Å². The van der Waals surface area contributed by atoms with Gasteiger partial charge in [-0.05, 0) is 24.1 Å². The van der Waals surface area contributed by atoms with Crippen LogP contribution in [0.2, 0.25) is 0 Å². The molecule has 1 saturated heterocycles. The van der Waals surface area contributed by atoms with Crippen LogP contribution in [0.15, 0.2) is 36.7 Å². The molecule has 2 aromatic rings. The number of carbonyl (C=O) groups is 2. The number of hydrogen-bond donors (Lipinski definition) is 1. The Morgan fingerprint density at radius 1 is 1.39 bits per heavy atom. The molecular weight excluding hydrogens is 373 g/mol. The Kier molecular flexibility index (Phi) is 5.71. The number of alkyl halides is 3. The van der Waals surface area contributed by atoms with Crippen LogP contribution in [0.1, 0.15) is 29.8 Å². The van der Waals surface area contributed by atoms with E-state index in [0.29, 0.717) is 24.4 Å². The number of hydrogen-bond acceptors (Lipinski definition) is 3. The van der Waals surface area contributed by atoms with Gasteiger partial charge in [-0.2, -0.15) is 13.2 Å². The van der Waals surface area contributed by atoms with Crippen molar-refractivity contribution >= 4 is 11.8 Å². The first-order valence-electron chi connectivity index (χ1n) is 8.91. The third kappa shape index (κ3) is 4.71. The number of rotatable bonds is 5. The lowest BCUT2D eigenvalue weighted by Gasteiger charge is -2.34. The van der Waals surface area contributed by atoms with E-state index in [1.54, 1.807) is 30.4 Å². The zero-order chi connectivity index (χ0) is 20.3. The minimum absolute atomic E-state index is 0.0500. The number of carbonyl (C=O) groups excluding carboxylic acids is 2. The van der Waals surface area contributed by atoms with E-state index in [0.717, 1.165) is 12.1 Å². The van der Waals surface area contributed by atoms with Gasteiger partial charge in [0.15, 0.2) is 0 Å². The van der Waals surface area contributed by atoms with Gasteiger partial charge >= 0.3 is 6.18 Å². The number of aromatic nitrogens is 2. The van der Waals surface area contributed by atoms with Gasteiger partial charge in [0, 0.05) is 39.0 Å². The Labute approximate surface area is 160 Å². The summed E-state index contributed by atoms with van der Waals surface area (Å²) in [5.74, 6) is 0.000102. The summed E-state index contributed by atoms with van der Waals surface area (Å²) in [5.41, 5.74) is -0.361. The summed E-state index contributed by atoms with van der Waals surface area (Å²) in [5, 5.41) is 0. The largest absolute Gasteiger partial charge is 0.416 e. The topological polar surface area (TPSA) is 69.3 Å². The molecule has 1 aliphatic heterocycles. The highest BCUT2D eigenvalue weighted by atomic mass is 19.4. The molecule has 150 valence electrons. The Bertz CT molecular complexity index is 836. The first-order chi connectivity index (χ1) is 13.2. The van der Waals surface area contributed by atoms with Gasteiger partial charge in [-0.1, -0.05) is 12.1 Å². The number of likely N-dealkylation sites (tertiary alicyclic amines) is 1. The molecule has 0 unspecified atom stereocenters. The van der Waals surface area contributed by atoms with Gasteiger partial charge in [-0.25, -0.2) is 4.98 Å². The molecule has 9 heteroatoms. The van der Waals surface area contributed by atoms with Crippen LogP contribution in [-0.4, -0.2) is 45.2 Å². The van der Waals surface area contributed by atoms with E-state index in [-0.39, 0.29) is 37.2 Å². The monoisotopic (exact) mass is 394 g/mol. The molecule has 1 atom stereocenters. The summed E-state index contributed by atoms with van der Waals surface area (Å²) < 4.78 is 38.7. The molecule has 2 amide bonds. The molecule has 0 radical (unpaired) electrons. The van der Waals surface area contributed by atoms with Gasteiger partial charge in [0.2, 0.25) is 11.8 Å². The quantitative estimate of drug-likeness (QED) is 0.848. The van der Waals surface area contributed by atoms with E-state index in [1.807, 2.05) is 0 Å². The highest BCUT2D eigenvalue weighted by Gasteiger charge is 2.33. The summed E-state index contributed by atoms with van der Waals surface area (Å²) >= 11 is 0. The lowest BCUT2D eigenvalue weighted by molar-refractivity contribution is -0.143. The number of amides is 2. The van der Waals surface area contributed by atoms with E-state index in [2.05, 4.69) is 9.97 Å². The molecule has 0 aliphatic carbocycles. The normalized spacial score (nSPS) is 17.6. The van der Waals surface area contributed by atoms with E-state index >= 15 is 0 Å². The van der Waals surface area contributed by atoms with Crippen molar-refractivity contribution in [3.63, 3.8) is 0 Å². The maximum atomic E-state index is 12.9. The Balaban J connectivity index is 1.66. The number of piperidine rings is 1. The second kappa shape index (κ2) is 8.04. The highest BCUT2D eigenvalue weighted by Crippen LogP contribution is 2.30. The molecule has 28 heavy (non-hydrogen) atoms. The molecule has 3 rings (SSSR count). The smallest absolute Gasteiger partial charge is 0.347 e. The third-order valence-corrected chi connectivity index (χ3v) is 4.80. The second-order valence-electron chi connectivity index (χ2n) is 6.94. The van der Waals surface area contributed by atoms with Crippen molar-refractivity contribution in [2.24, 2.45) is 5.92 Å². The number of imidazole rings is 1. The molecule has 1 aliphatic rings. The van der Waals surface area contributed by atoms with E-state index in [1.165, 1.54) is 11.0 Å². The molecular formula is C19H21F3N4O2. The summed E-state index contributed by atoms with van der Waals surface area (Å²) in [6.45, 7) is 0.564. The fraction of sp³-hybridized carbons (Fsp3) is 0.421. The van der Waals surface area contributed by atoms with Gasteiger partial charge in [0.1, 0.15) is 5.82 Å². The van der Waals surface area contributed by atoms with Crippen LogP contribution in [0, 0.1) is 5.92 Å². The van der Waals surface area contributed by atoms with Crippen molar-refractivity contribution in [1.29, 1.82) is 0 Å². The maximum absolute atomic E-state index is 12.9. The standard InChI is InChI=1S/C19H21F3N4O2/c1-25(12-16-23-7-8-24-16)18(28)14-5-6-17(27)26(11-14)10-13-3-2-4-15(9-13)19(20,21)22/h2-4,7-9,14H,5-6,10-12H2,1H3,(H,23,24)/t14-/m1/s1. The van der Waals surface area contributed by atoms with E-state index < -0.39 is 11.7 Å². The molecule has 0 spiro atoms. The molecule has 6 nitrogen and oxygen atoms in total. The zero-order valence-electron chi connectivity index (χ0n) is 15.4. The highest BCUT2D eigenvalue weighted by molar-refractivity contribution is 5.83. The molecule has 1 fully saturated rings. The van der Waals surface area contributed by atoms with Crippen LogP contribution in [0.3, 0.4) is 0 Å². The average molecular weight is 394 g/mol. The fourth-order valence-electron chi connectivity index (χ4n) is 3.33. The van der Waals surface area contributed by atoms with Crippen LogP contribution in [0.5, 0.6) is 0 Å². The van der Waals surface area contributed by atoms with E-state index in [9.17, 15) is 22.8 Å². The first kappa shape index (κ1) is 19.9. The Morgan fingerprint density at radius 3 is 2.86 bits per heavy atom. The second-order valence-corrected chi connectivity index (χ2v) is 6.94. The minimum atomic E-state index is -4.44. The summed E-state index contributed by atoms with van der Waals surface area (Å²) in [6.07, 6.45) is -0.536. The fourth-order valence-corrected chi connectivity index (χ4v) is 3.33. The number of H-pyrrole nitrogens is 1. The number of aromatic amines is 1. The Hall–Kier alpha value is -2.84. The van der Waals surface area contributed by atoms with Gasteiger partial charge in [0.25, 0.3) is 0 Å². The average Bonchev–Trinajstić information content (AvgIpc) is 3.15. The molecule has 0 saturated carbocycles. The first-order valence-corrected chi connectivity index (χ1v) is 8.91. The number of nitrogens with zero attached hydrogens (tertiary/aromatic N) is 3. The zero-order valence-corrected chi connectivity index (χ0v) is 15.4. The molecule has 1 N–H and O–H groups in total. The van der Waals surface area contributed by atoms with Crippen molar-refractivity contribution in [2.45, 2.75) is 32.1 Å². The summed E-state index contributed by atoms with van der Waals surface area (Å²) in [6, 6.07) is 4.92. The SMILES string of the molecule is CN(Cc1ncc[nH]1)C(=O)[C@@H]1CCC(=O)N(Cc2cccc(C(F)(F)F)c2)C1. The van der Waals surface area contributed by atoms with Crippen LogP contribution in [0.25, 0.3) is 0 Å². The number of nitrogens with one attached hydrogen (secondary N) is 1. The predicted octanol–water partition coefficient (Wildman–Crippen LogP) is 2.83. The molecule has 2 heterocycles. The molecule has 1 aromatic heterocycles. The summed E-state index contributed by atoms with van der Waals surface area (Å²) in [4.78, 5) is 35.0. The number of benzene rings is 1. The van der Waals surface area contributed by atoms with Crippen LogP contribution < -0.4 is 0 Å². The van der Waals surface area contributed by atoms with Gasteiger partial charge in [-0.3, -0.25) is 9.59 Å². The number of halogens is 3. The van der Waals surface area contributed by atoms with E-state index in [4.69, 9.17) is 0 Å². The van der Waals surface area contributed by atoms with Gasteiger partial charge in [0.05, 0.1) is 18.0 Å². The van der Waals surface area contributed by atoms with Crippen LogP contribution in [0.4, 0.5) is 13.2 Å². The minimum Gasteiger partial charge on any atom is -0.347 e. The molecule has 0 bridgehead atoms. The van der Waals surface area contributed by atoms with Crippen molar-refractivity contribution in [3.8, 4) is 0 Å². The maximum Gasteiger partial charge on any atom is 0.416 e. The van der Waals surface area contributed by atoms with Crippen molar-refractivity contribution in [2.75, 3.05) is 13.6 Å². The van der Waals surface area contributed by atoms with Crippen molar-refractivity contribution in [3.05, 3.63) is 53.6 Å². The van der Waals surface area contributed by atoms with Gasteiger partial charge in [-0.15, -0.1) is 0 Å². The molecule has 1 aromatic carbocycles. The lowest BCUT2D eigenvalue weighted by atomic mass is 9.95. The van der Waals surface area contributed by atoms with Gasteiger partial charge < -0.3 is 14.8 Å². The van der Waals surface area contributed by atoms with Crippen molar-refractivity contribution in [1.82, 2.24) is 19.8 Å². The Morgan fingerprint density at radius 2 is 2.18 bits per heavy atom. The summed E-state index contributed by atoms with van der Waals surface area (Å²) in [7, 11) is 1.67. The van der Waals surface area contributed by atoms with Crippen molar-refractivity contribution < 1.29 is 22.8 Å². The predicted molar refractivity (Wildman–Crippen MR) is 94.6 cm³/mol. The third-order valence-electron chi connectivity index (χ3n) is 4.80.